The molecular weight excluding hydrogens is 495 g/mol. The number of rotatable bonds is 5. The Hall–Kier alpha value is -4.21. The van der Waals surface area contributed by atoms with Gasteiger partial charge >= 0.3 is 6.18 Å². The van der Waals surface area contributed by atoms with E-state index < -0.39 is 11.9 Å². The first-order chi connectivity index (χ1) is 18.1. The third-order valence-electron chi connectivity index (χ3n) is 6.42. The van der Waals surface area contributed by atoms with Gasteiger partial charge in [-0.3, -0.25) is 14.8 Å². The summed E-state index contributed by atoms with van der Waals surface area (Å²) in [6, 6.07) is 10.0. The van der Waals surface area contributed by atoms with Crippen LogP contribution in [-0.4, -0.2) is 43.5 Å². The Morgan fingerprint density at radius 2 is 1.76 bits per heavy atom. The summed E-state index contributed by atoms with van der Waals surface area (Å²) in [7, 11) is 0. The van der Waals surface area contributed by atoms with Gasteiger partial charge in [-0.05, 0) is 62.2 Å². The molecule has 0 unspecified atom stereocenters. The Bertz CT molecular complexity index is 1490. The van der Waals surface area contributed by atoms with E-state index in [1.54, 1.807) is 29.4 Å². The Morgan fingerprint density at radius 1 is 0.974 bits per heavy atom. The number of nitrogens with zero attached hydrogens (tertiary/aromatic N) is 5. The molecule has 1 aliphatic rings. The maximum atomic E-state index is 14.0. The molecule has 0 radical (unpaired) electrons. The maximum absolute atomic E-state index is 14.0. The van der Waals surface area contributed by atoms with E-state index in [2.05, 4.69) is 15.0 Å². The van der Waals surface area contributed by atoms with Crippen molar-refractivity contribution in [1.29, 1.82) is 0 Å². The second-order valence-corrected chi connectivity index (χ2v) is 9.37. The molecule has 4 heterocycles. The van der Waals surface area contributed by atoms with Crippen molar-refractivity contribution in [2.75, 3.05) is 13.2 Å². The summed E-state index contributed by atoms with van der Waals surface area (Å²) >= 11 is 0. The van der Waals surface area contributed by atoms with E-state index in [-0.39, 0.29) is 48.0 Å². The van der Waals surface area contributed by atoms with Crippen LogP contribution in [0.2, 0.25) is 0 Å². The van der Waals surface area contributed by atoms with Crippen LogP contribution in [0.3, 0.4) is 0 Å². The SMILES string of the molecule is Cc1cc(C)nc(CN2CCOc3c(cc(Cn4ccnc4C)cc3-c3cccnc3C(F)(F)F)C2=O)c1. The third kappa shape index (κ3) is 5.11. The summed E-state index contributed by atoms with van der Waals surface area (Å²) in [6.07, 6.45) is -0.151. The van der Waals surface area contributed by atoms with Crippen molar-refractivity contribution in [3.63, 3.8) is 0 Å². The largest absolute Gasteiger partial charge is 0.490 e. The first kappa shape index (κ1) is 25.4. The van der Waals surface area contributed by atoms with Gasteiger partial charge in [0.1, 0.15) is 18.2 Å². The first-order valence-corrected chi connectivity index (χ1v) is 12.1. The molecule has 0 N–H and O–H groups in total. The number of halogens is 3. The van der Waals surface area contributed by atoms with Crippen LogP contribution in [0, 0.1) is 20.8 Å². The minimum atomic E-state index is -4.68. The summed E-state index contributed by atoms with van der Waals surface area (Å²) in [5.41, 5.74) is 2.45. The summed E-state index contributed by atoms with van der Waals surface area (Å²) in [6.45, 7) is 6.64. The van der Waals surface area contributed by atoms with E-state index in [0.29, 0.717) is 12.1 Å². The monoisotopic (exact) mass is 521 g/mol. The summed E-state index contributed by atoms with van der Waals surface area (Å²) in [5, 5.41) is 0. The van der Waals surface area contributed by atoms with Gasteiger partial charge in [-0.1, -0.05) is 6.07 Å². The predicted molar refractivity (Wildman–Crippen MR) is 135 cm³/mol. The van der Waals surface area contributed by atoms with Crippen molar-refractivity contribution in [2.24, 2.45) is 0 Å². The Morgan fingerprint density at radius 3 is 2.47 bits per heavy atom. The van der Waals surface area contributed by atoms with Gasteiger partial charge in [-0.2, -0.15) is 13.2 Å². The molecular formula is C28H26F3N5O2. The molecule has 196 valence electrons. The minimum absolute atomic E-state index is 0.121. The fraction of sp³-hybridized carbons (Fsp3) is 0.286. The number of carbonyl (C=O) groups is 1. The molecule has 1 aliphatic heterocycles. The molecule has 3 aromatic heterocycles. The van der Waals surface area contributed by atoms with Crippen molar-refractivity contribution >= 4 is 5.91 Å². The van der Waals surface area contributed by atoms with E-state index in [9.17, 15) is 18.0 Å². The Labute approximate surface area is 217 Å². The Balaban J connectivity index is 1.64. The molecule has 0 saturated carbocycles. The molecule has 0 fully saturated rings. The highest BCUT2D eigenvalue weighted by molar-refractivity contribution is 6.00. The minimum Gasteiger partial charge on any atom is -0.490 e. The maximum Gasteiger partial charge on any atom is 0.433 e. The number of aryl methyl sites for hydroxylation is 3. The number of aromatic nitrogens is 4. The smallest absolute Gasteiger partial charge is 0.433 e. The highest BCUT2D eigenvalue weighted by Gasteiger charge is 2.37. The lowest BCUT2D eigenvalue weighted by molar-refractivity contribution is -0.140. The van der Waals surface area contributed by atoms with Crippen LogP contribution in [0.1, 0.15) is 44.4 Å². The van der Waals surface area contributed by atoms with Crippen molar-refractivity contribution in [1.82, 2.24) is 24.4 Å². The van der Waals surface area contributed by atoms with Gasteiger partial charge in [0.15, 0.2) is 5.69 Å². The normalized spacial score (nSPS) is 13.7. The summed E-state index contributed by atoms with van der Waals surface area (Å²) < 4.78 is 49.7. The molecule has 38 heavy (non-hydrogen) atoms. The lowest BCUT2D eigenvalue weighted by Gasteiger charge is -2.21. The number of benzene rings is 1. The molecule has 10 heteroatoms. The van der Waals surface area contributed by atoms with Gasteiger partial charge in [0, 0.05) is 42.0 Å². The fourth-order valence-electron chi connectivity index (χ4n) is 4.79. The molecule has 1 aromatic carbocycles. The number of ether oxygens (including phenoxy) is 1. The van der Waals surface area contributed by atoms with Crippen LogP contribution in [0.25, 0.3) is 11.1 Å². The van der Waals surface area contributed by atoms with Crippen molar-refractivity contribution in [3.05, 3.63) is 94.6 Å². The molecule has 0 bridgehead atoms. The second-order valence-electron chi connectivity index (χ2n) is 9.37. The zero-order chi connectivity index (χ0) is 27.0. The van der Waals surface area contributed by atoms with Gasteiger partial charge in [0.25, 0.3) is 5.91 Å². The zero-order valence-electron chi connectivity index (χ0n) is 21.2. The number of hydrogen-bond acceptors (Lipinski definition) is 5. The van der Waals surface area contributed by atoms with Crippen LogP contribution < -0.4 is 4.74 Å². The zero-order valence-corrected chi connectivity index (χ0v) is 21.2. The third-order valence-corrected chi connectivity index (χ3v) is 6.42. The van der Waals surface area contributed by atoms with Crippen LogP contribution in [0.15, 0.2) is 55.0 Å². The number of hydrogen-bond donors (Lipinski definition) is 0. The average Bonchev–Trinajstić information content (AvgIpc) is 3.19. The summed E-state index contributed by atoms with van der Waals surface area (Å²) in [4.78, 5) is 27.9. The van der Waals surface area contributed by atoms with E-state index in [4.69, 9.17) is 4.74 Å². The van der Waals surface area contributed by atoms with E-state index >= 15 is 0 Å². The standard InChI is InChI=1S/C28H26F3N5O2/c1-17-11-18(2)34-21(12-17)16-36-9-10-38-25-23(22-5-4-6-33-26(22)28(29,30)31)13-20(14-24(25)27(36)37)15-35-8-7-32-19(35)3/h4-8,11-14H,9-10,15-16H2,1-3H3. The lowest BCUT2D eigenvalue weighted by atomic mass is 9.96. The number of amides is 1. The highest BCUT2D eigenvalue weighted by Crippen LogP contribution is 2.42. The van der Waals surface area contributed by atoms with Crippen LogP contribution in [0.4, 0.5) is 13.2 Å². The molecule has 4 aromatic rings. The highest BCUT2D eigenvalue weighted by atomic mass is 19.4. The molecule has 0 aliphatic carbocycles. The number of imidazole rings is 1. The van der Waals surface area contributed by atoms with Crippen LogP contribution >= 0.6 is 0 Å². The van der Waals surface area contributed by atoms with E-state index in [0.717, 1.165) is 29.0 Å². The van der Waals surface area contributed by atoms with Gasteiger partial charge in [-0.25, -0.2) is 4.98 Å². The molecule has 0 saturated heterocycles. The summed E-state index contributed by atoms with van der Waals surface area (Å²) in [5.74, 6) is 0.529. The lowest BCUT2D eigenvalue weighted by Crippen LogP contribution is -2.32. The van der Waals surface area contributed by atoms with Gasteiger partial charge in [-0.15, -0.1) is 0 Å². The predicted octanol–water partition coefficient (Wildman–Crippen LogP) is 5.37. The molecule has 0 spiro atoms. The molecule has 5 rings (SSSR count). The van der Waals surface area contributed by atoms with Crippen molar-refractivity contribution in [3.8, 4) is 16.9 Å². The fourth-order valence-corrected chi connectivity index (χ4v) is 4.79. The van der Waals surface area contributed by atoms with E-state index in [1.807, 2.05) is 37.5 Å². The van der Waals surface area contributed by atoms with Crippen molar-refractivity contribution in [2.45, 2.75) is 40.0 Å². The first-order valence-electron chi connectivity index (χ1n) is 12.1. The van der Waals surface area contributed by atoms with Crippen molar-refractivity contribution < 1.29 is 22.7 Å². The quantitative estimate of drug-likeness (QED) is 0.353. The molecule has 1 amide bonds. The molecule has 7 nitrogen and oxygen atoms in total. The number of fused-ring (bicyclic) bond motifs is 1. The van der Waals surface area contributed by atoms with E-state index in [1.165, 1.54) is 12.1 Å². The number of carbonyl (C=O) groups excluding carboxylic acids is 1. The number of pyridine rings is 2. The molecule has 0 atom stereocenters. The number of alkyl halides is 3. The Kier molecular flexibility index (Phi) is 6.64. The topological polar surface area (TPSA) is 73.1 Å². The van der Waals surface area contributed by atoms with Crippen LogP contribution in [0.5, 0.6) is 5.75 Å². The van der Waals surface area contributed by atoms with Crippen LogP contribution in [-0.2, 0) is 19.3 Å². The second kappa shape index (κ2) is 9.92. The van der Waals surface area contributed by atoms with Gasteiger partial charge in [0.2, 0.25) is 0 Å². The average molecular weight is 522 g/mol. The van der Waals surface area contributed by atoms with Gasteiger partial charge in [0.05, 0.1) is 24.3 Å². The van der Waals surface area contributed by atoms with Gasteiger partial charge < -0.3 is 14.2 Å².